The largest absolute Gasteiger partial charge is 0.342 e. The second-order valence-electron chi connectivity index (χ2n) is 6.66. The predicted octanol–water partition coefficient (Wildman–Crippen LogP) is 1.16. The zero-order valence-electron chi connectivity index (χ0n) is 15.2. The minimum Gasteiger partial charge on any atom is -0.342 e. The maximum atomic E-state index is 12.6. The number of hydrogen-bond acceptors (Lipinski definition) is 4. The summed E-state index contributed by atoms with van der Waals surface area (Å²) in [6, 6.07) is 5.02. The van der Waals surface area contributed by atoms with Crippen LogP contribution in [0.1, 0.15) is 37.6 Å². The van der Waals surface area contributed by atoms with Crippen molar-refractivity contribution in [3.8, 4) is 0 Å². The Hall–Kier alpha value is -2.41. The fourth-order valence-electron chi connectivity index (χ4n) is 2.72. The van der Waals surface area contributed by atoms with Gasteiger partial charge < -0.3 is 20.2 Å². The average molecular weight is 346 g/mol. The Morgan fingerprint density at radius 3 is 2.60 bits per heavy atom. The van der Waals surface area contributed by atoms with Crippen LogP contribution in [0.3, 0.4) is 0 Å². The van der Waals surface area contributed by atoms with Gasteiger partial charge in [0.2, 0.25) is 0 Å². The molecule has 3 N–H and O–H groups in total. The Labute approximate surface area is 146 Å². The number of aromatic amines is 1. The molecule has 7 nitrogen and oxygen atoms in total. The molecule has 0 aliphatic heterocycles. The van der Waals surface area contributed by atoms with Crippen LogP contribution in [0.2, 0.25) is 0 Å². The third kappa shape index (κ3) is 3.99. The number of nitrogens with two attached hydrogens (primary N) is 1. The number of nitrogens with zero attached hydrogens (tertiary/aromatic N) is 2. The van der Waals surface area contributed by atoms with Crippen molar-refractivity contribution in [2.75, 3.05) is 13.6 Å². The summed E-state index contributed by atoms with van der Waals surface area (Å²) in [7, 11) is 1.73. The first-order chi connectivity index (χ1) is 11.8. The summed E-state index contributed by atoms with van der Waals surface area (Å²) in [6.07, 6.45) is 0.722. The number of aromatic nitrogens is 2. The number of aryl methyl sites for hydroxylation is 1. The number of benzene rings is 1. The van der Waals surface area contributed by atoms with Crippen LogP contribution in [0, 0.1) is 5.92 Å². The lowest BCUT2D eigenvalue weighted by Crippen LogP contribution is -2.36. The molecule has 0 saturated heterocycles. The number of rotatable bonds is 6. The number of amides is 1. The van der Waals surface area contributed by atoms with Crippen molar-refractivity contribution in [1.29, 1.82) is 0 Å². The van der Waals surface area contributed by atoms with Crippen LogP contribution in [0.4, 0.5) is 0 Å². The molecular formula is C18H26N4O3. The summed E-state index contributed by atoms with van der Waals surface area (Å²) in [4.78, 5) is 40.4. The lowest BCUT2D eigenvalue weighted by molar-refractivity contribution is 0.0789. The van der Waals surface area contributed by atoms with E-state index < -0.39 is 11.1 Å². The van der Waals surface area contributed by atoms with E-state index in [2.05, 4.69) is 18.8 Å². The monoisotopic (exact) mass is 346 g/mol. The van der Waals surface area contributed by atoms with Gasteiger partial charge in [0.25, 0.3) is 5.91 Å². The van der Waals surface area contributed by atoms with E-state index in [-0.39, 0.29) is 11.9 Å². The topological polar surface area (TPSA) is 101 Å². The summed E-state index contributed by atoms with van der Waals surface area (Å²) in [5.74, 6) is 0.216. The highest BCUT2D eigenvalue weighted by molar-refractivity contribution is 5.97. The SMILES string of the molecule is CCn1c(=O)c(=O)[nH]c2cc(C(=O)N(C)CCC(N)C(C)C)ccc21. The highest BCUT2D eigenvalue weighted by Crippen LogP contribution is 2.14. The van der Waals surface area contributed by atoms with Crippen LogP contribution < -0.4 is 16.9 Å². The first-order valence-corrected chi connectivity index (χ1v) is 8.54. The number of fused-ring (bicyclic) bond motifs is 1. The van der Waals surface area contributed by atoms with Crippen LogP contribution in [0.15, 0.2) is 27.8 Å². The summed E-state index contributed by atoms with van der Waals surface area (Å²) in [5.41, 5.74) is 6.30. The van der Waals surface area contributed by atoms with Gasteiger partial charge in [-0.2, -0.15) is 0 Å². The number of hydrogen-bond donors (Lipinski definition) is 2. The Balaban J connectivity index is 2.29. The second kappa shape index (κ2) is 7.65. The van der Waals surface area contributed by atoms with E-state index in [9.17, 15) is 14.4 Å². The fraction of sp³-hybridized carbons (Fsp3) is 0.500. The minimum atomic E-state index is -0.685. The molecule has 0 fully saturated rings. The van der Waals surface area contributed by atoms with Crippen molar-refractivity contribution in [3.63, 3.8) is 0 Å². The van der Waals surface area contributed by atoms with Crippen LogP contribution in [-0.2, 0) is 6.54 Å². The number of H-pyrrole nitrogens is 1. The first kappa shape index (κ1) is 18.9. The van der Waals surface area contributed by atoms with Crippen molar-refractivity contribution in [2.45, 2.75) is 39.8 Å². The summed E-state index contributed by atoms with van der Waals surface area (Å²) in [6.45, 7) is 6.85. The quantitative estimate of drug-likeness (QED) is 0.766. The molecule has 0 radical (unpaired) electrons. The van der Waals surface area contributed by atoms with Crippen molar-refractivity contribution in [1.82, 2.24) is 14.5 Å². The molecule has 1 unspecified atom stereocenters. The fourth-order valence-corrected chi connectivity index (χ4v) is 2.72. The molecule has 1 aromatic carbocycles. The molecule has 1 atom stereocenters. The maximum Gasteiger partial charge on any atom is 0.316 e. The van der Waals surface area contributed by atoms with Gasteiger partial charge in [-0.15, -0.1) is 0 Å². The molecule has 0 bridgehead atoms. The van der Waals surface area contributed by atoms with Gasteiger partial charge in [-0.05, 0) is 37.5 Å². The average Bonchev–Trinajstić information content (AvgIpc) is 2.59. The van der Waals surface area contributed by atoms with Crippen LogP contribution >= 0.6 is 0 Å². The van der Waals surface area contributed by atoms with E-state index in [1.165, 1.54) is 4.57 Å². The van der Waals surface area contributed by atoms with Gasteiger partial charge in [0.1, 0.15) is 0 Å². The minimum absolute atomic E-state index is 0.0437. The van der Waals surface area contributed by atoms with E-state index in [4.69, 9.17) is 5.73 Å². The highest BCUT2D eigenvalue weighted by atomic mass is 16.2. The summed E-state index contributed by atoms with van der Waals surface area (Å²) in [5, 5.41) is 0. The molecule has 1 amide bonds. The predicted molar refractivity (Wildman–Crippen MR) is 98.9 cm³/mol. The van der Waals surface area contributed by atoms with Crippen molar-refractivity contribution in [3.05, 3.63) is 44.5 Å². The second-order valence-corrected chi connectivity index (χ2v) is 6.66. The van der Waals surface area contributed by atoms with Gasteiger partial charge >= 0.3 is 11.1 Å². The van der Waals surface area contributed by atoms with Gasteiger partial charge in [0.15, 0.2) is 0 Å². The lowest BCUT2D eigenvalue weighted by atomic mass is 10.0. The van der Waals surface area contributed by atoms with E-state index in [1.807, 2.05) is 0 Å². The molecule has 2 rings (SSSR count). The van der Waals surface area contributed by atoms with Crippen LogP contribution in [-0.4, -0.2) is 40.0 Å². The molecule has 0 spiro atoms. The number of carbonyl (C=O) groups excluding carboxylic acids is 1. The number of carbonyl (C=O) groups is 1. The maximum absolute atomic E-state index is 12.6. The lowest BCUT2D eigenvalue weighted by Gasteiger charge is -2.21. The normalized spacial score (nSPS) is 12.6. The van der Waals surface area contributed by atoms with Gasteiger partial charge in [0, 0.05) is 31.7 Å². The Kier molecular flexibility index (Phi) is 5.79. The molecule has 0 saturated carbocycles. The van der Waals surface area contributed by atoms with Gasteiger partial charge in [-0.3, -0.25) is 14.4 Å². The number of nitrogens with one attached hydrogen (secondary N) is 1. The zero-order valence-corrected chi connectivity index (χ0v) is 15.2. The van der Waals surface area contributed by atoms with Gasteiger partial charge in [-0.25, -0.2) is 0 Å². The Bertz CT molecular complexity index is 882. The summed E-state index contributed by atoms with van der Waals surface area (Å²) >= 11 is 0. The van der Waals surface area contributed by atoms with Crippen molar-refractivity contribution >= 4 is 16.9 Å². The smallest absolute Gasteiger partial charge is 0.316 e. The Morgan fingerprint density at radius 1 is 1.32 bits per heavy atom. The molecule has 2 aromatic rings. The summed E-state index contributed by atoms with van der Waals surface area (Å²) < 4.78 is 1.40. The molecular weight excluding hydrogens is 320 g/mol. The molecule has 7 heteroatoms. The van der Waals surface area contributed by atoms with Gasteiger partial charge in [-0.1, -0.05) is 13.8 Å². The standard InChI is InChI=1S/C18H26N4O3/c1-5-22-15-7-6-12(10-14(15)20-16(23)18(22)25)17(24)21(4)9-8-13(19)11(2)3/h6-7,10-11,13H,5,8-9,19H2,1-4H3,(H,20,23). The molecule has 25 heavy (non-hydrogen) atoms. The van der Waals surface area contributed by atoms with Crippen LogP contribution in [0.25, 0.3) is 11.0 Å². The van der Waals surface area contributed by atoms with E-state index in [0.29, 0.717) is 35.6 Å². The van der Waals surface area contributed by atoms with Gasteiger partial charge in [0.05, 0.1) is 11.0 Å². The molecule has 0 aliphatic rings. The molecule has 1 heterocycles. The van der Waals surface area contributed by atoms with E-state index in [0.717, 1.165) is 6.42 Å². The first-order valence-electron chi connectivity index (χ1n) is 8.54. The van der Waals surface area contributed by atoms with Crippen molar-refractivity contribution in [2.24, 2.45) is 11.7 Å². The molecule has 1 aromatic heterocycles. The zero-order chi connectivity index (χ0) is 18.7. The van der Waals surface area contributed by atoms with Crippen LogP contribution in [0.5, 0.6) is 0 Å². The highest BCUT2D eigenvalue weighted by Gasteiger charge is 2.16. The molecule has 136 valence electrons. The van der Waals surface area contributed by atoms with E-state index in [1.54, 1.807) is 37.1 Å². The Morgan fingerprint density at radius 2 is 2.00 bits per heavy atom. The van der Waals surface area contributed by atoms with Crippen molar-refractivity contribution < 1.29 is 4.79 Å². The third-order valence-corrected chi connectivity index (χ3v) is 4.54. The molecule has 0 aliphatic carbocycles. The third-order valence-electron chi connectivity index (χ3n) is 4.54. The van der Waals surface area contributed by atoms with E-state index >= 15 is 0 Å².